The number of nitrogens with one attached hydrogen (secondary N) is 1. The van der Waals surface area contributed by atoms with Gasteiger partial charge >= 0.3 is 0 Å². The summed E-state index contributed by atoms with van der Waals surface area (Å²) in [4.78, 5) is 15.1. The van der Waals surface area contributed by atoms with Gasteiger partial charge in [-0.1, -0.05) is 11.6 Å². The number of carbonyl (C=O) groups excluding carboxylic acids is 1. The summed E-state index contributed by atoms with van der Waals surface area (Å²) in [6.07, 6.45) is 0. The van der Waals surface area contributed by atoms with E-state index in [2.05, 4.69) is 5.32 Å². The van der Waals surface area contributed by atoms with Crippen molar-refractivity contribution in [1.82, 2.24) is 10.2 Å². The molecule has 3 aromatic rings. The van der Waals surface area contributed by atoms with Gasteiger partial charge in [0.1, 0.15) is 11.4 Å². The van der Waals surface area contributed by atoms with E-state index in [-0.39, 0.29) is 37.1 Å². The SMILES string of the molecule is O=C(NC(=S)N1CCN(c2c(F)c(F)c(F)c(F)c2F)CC1)c1ccc(-c2ccc(Cl)cc2)o1. The lowest BCUT2D eigenvalue weighted by Gasteiger charge is -2.37. The maximum atomic E-state index is 14.1. The second-order valence-corrected chi connectivity index (χ2v) is 8.15. The Balaban J connectivity index is 1.38. The molecule has 1 aliphatic rings. The van der Waals surface area contributed by atoms with Crippen molar-refractivity contribution in [3.05, 3.63) is 76.3 Å². The van der Waals surface area contributed by atoms with E-state index in [0.717, 1.165) is 10.5 Å². The molecule has 1 saturated heterocycles. The van der Waals surface area contributed by atoms with E-state index in [1.54, 1.807) is 35.2 Å². The third kappa shape index (κ3) is 4.58. The molecule has 1 amide bonds. The van der Waals surface area contributed by atoms with Crippen LogP contribution in [0.5, 0.6) is 0 Å². The molecule has 2 aromatic carbocycles. The van der Waals surface area contributed by atoms with Crippen LogP contribution in [0, 0.1) is 29.1 Å². The molecule has 1 N–H and O–H groups in total. The lowest BCUT2D eigenvalue weighted by molar-refractivity contribution is 0.0946. The van der Waals surface area contributed by atoms with Crippen molar-refractivity contribution in [3.63, 3.8) is 0 Å². The number of benzene rings is 2. The zero-order valence-electron chi connectivity index (χ0n) is 17.2. The van der Waals surface area contributed by atoms with E-state index < -0.39 is 40.7 Å². The molecule has 0 atom stereocenters. The Hall–Kier alpha value is -3.18. The Morgan fingerprint density at radius 3 is 2.00 bits per heavy atom. The predicted molar refractivity (Wildman–Crippen MR) is 119 cm³/mol. The maximum Gasteiger partial charge on any atom is 0.293 e. The van der Waals surface area contributed by atoms with Crippen molar-refractivity contribution in [3.8, 4) is 11.3 Å². The Kier molecular flexibility index (Phi) is 6.76. The van der Waals surface area contributed by atoms with Crippen molar-refractivity contribution in [1.29, 1.82) is 0 Å². The van der Waals surface area contributed by atoms with Gasteiger partial charge in [0, 0.05) is 36.8 Å². The van der Waals surface area contributed by atoms with E-state index in [1.807, 2.05) is 0 Å². The summed E-state index contributed by atoms with van der Waals surface area (Å²) in [7, 11) is 0. The van der Waals surface area contributed by atoms with Gasteiger partial charge in [-0.05, 0) is 48.6 Å². The van der Waals surface area contributed by atoms with Crippen LogP contribution in [0.15, 0.2) is 40.8 Å². The summed E-state index contributed by atoms with van der Waals surface area (Å²) in [6, 6.07) is 9.92. The molecule has 0 spiro atoms. The molecule has 34 heavy (non-hydrogen) atoms. The summed E-state index contributed by atoms with van der Waals surface area (Å²) in [5, 5.41) is 3.10. The monoisotopic (exact) mass is 515 g/mol. The topological polar surface area (TPSA) is 48.7 Å². The summed E-state index contributed by atoms with van der Waals surface area (Å²) in [5.41, 5.74) is -0.272. The van der Waals surface area contributed by atoms with Crippen LogP contribution in [0.2, 0.25) is 5.02 Å². The predicted octanol–water partition coefficient (Wildman–Crippen LogP) is 5.13. The fraction of sp³-hybridized carbons (Fsp3) is 0.182. The van der Waals surface area contributed by atoms with Gasteiger partial charge in [-0.15, -0.1) is 0 Å². The minimum atomic E-state index is -2.21. The van der Waals surface area contributed by atoms with Crippen LogP contribution < -0.4 is 10.2 Å². The van der Waals surface area contributed by atoms with Gasteiger partial charge in [-0.3, -0.25) is 10.1 Å². The highest BCUT2D eigenvalue weighted by molar-refractivity contribution is 7.80. The van der Waals surface area contributed by atoms with E-state index in [4.69, 9.17) is 28.2 Å². The Bertz CT molecular complexity index is 1230. The van der Waals surface area contributed by atoms with Gasteiger partial charge in [-0.25, -0.2) is 22.0 Å². The second kappa shape index (κ2) is 9.59. The first kappa shape index (κ1) is 24.0. The number of halogens is 6. The zero-order valence-corrected chi connectivity index (χ0v) is 18.8. The van der Waals surface area contributed by atoms with E-state index in [9.17, 15) is 26.7 Å². The number of nitrogens with zero attached hydrogens (tertiary/aromatic N) is 2. The fourth-order valence-corrected chi connectivity index (χ4v) is 3.87. The summed E-state index contributed by atoms with van der Waals surface area (Å²) < 4.78 is 74.0. The van der Waals surface area contributed by atoms with E-state index in [0.29, 0.717) is 10.8 Å². The van der Waals surface area contributed by atoms with Crippen LogP contribution in [-0.4, -0.2) is 42.1 Å². The number of anilines is 1. The smallest absolute Gasteiger partial charge is 0.293 e. The van der Waals surface area contributed by atoms with Gasteiger partial charge in [0.05, 0.1) is 0 Å². The first-order valence-electron chi connectivity index (χ1n) is 9.89. The molecule has 12 heteroatoms. The lowest BCUT2D eigenvalue weighted by atomic mass is 10.2. The minimum Gasteiger partial charge on any atom is -0.451 e. The highest BCUT2D eigenvalue weighted by Crippen LogP contribution is 2.31. The number of amides is 1. The second-order valence-electron chi connectivity index (χ2n) is 7.32. The zero-order chi connectivity index (χ0) is 24.6. The first-order chi connectivity index (χ1) is 16.2. The number of hydrogen-bond acceptors (Lipinski definition) is 4. The number of thiocarbonyl (C=S) groups is 1. The fourth-order valence-electron chi connectivity index (χ4n) is 3.47. The van der Waals surface area contributed by atoms with Crippen molar-refractivity contribution in [2.24, 2.45) is 0 Å². The van der Waals surface area contributed by atoms with Crippen LogP contribution in [0.3, 0.4) is 0 Å². The molecular weight excluding hydrogens is 501 g/mol. The maximum absolute atomic E-state index is 14.1. The Morgan fingerprint density at radius 2 is 1.41 bits per heavy atom. The molecule has 4 rings (SSSR count). The molecule has 178 valence electrons. The quantitative estimate of drug-likeness (QED) is 0.227. The summed E-state index contributed by atoms with van der Waals surface area (Å²) in [6.45, 7) is -0.0226. The van der Waals surface area contributed by atoms with Crippen LogP contribution in [0.25, 0.3) is 11.3 Å². The van der Waals surface area contributed by atoms with Crippen LogP contribution >= 0.6 is 23.8 Å². The normalized spacial score (nSPS) is 13.8. The van der Waals surface area contributed by atoms with Crippen LogP contribution in [-0.2, 0) is 0 Å². The molecule has 5 nitrogen and oxygen atoms in total. The average molecular weight is 516 g/mol. The highest BCUT2D eigenvalue weighted by atomic mass is 35.5. The van der Waals surface area contributed by atoms with Gasteiger partial charge in [-0.2, -0.15) is 0 Å². The van der Waals surface area contributed by atoms with Crippen LogP contribution in [0.1, 0.15) is 10.6 Å². The van der Waals surface area contributed by atoms with Gasteiger partial charge in [0.25, 0.3) is 5.91 Å². The molecule has 0 radical (unpaired) electrons. The standard InChI is InChI=1S/C22H15ClF5N3O2S/c23-12-3-1-11(2-4-12)13-5-6-14(33-13)21(32)29-22(34)31-9-7-30(8-10-31)20-18(27)16(25)15(24)17(26)19(20)28/h1-6H,7-10H2,(H,29,32,34). The van der Waals surface area contributed by atoms with Crippen molar-refractivity contribution < 1.29 is 31.2 Å². The number of furan rings is 1. The first-order valence-corrected chi connectivity index (χ1v) is 10.7. The van der Waals surface area contributed by atoms with Crippen molar-refractivity contribution in [2.45, 2.75) is 0 Å². The van der Waals surface area contributed by atoms with Crippen LogP contribution in [0.4, 0.5) is 27.6 Å². The van der Waals surface area contributed by atoms with Crippen molar-refractivity contribution in [2.75, 3.05) is 31.1 Å². The highest BCUT2D eigenvalue weighted by Gasteiger charge is 2.31. The molecule has 1 fully saturated rings. The van der Waals surface area contributed by atoms with E-state index >= 15 is 0 Å². The minimum absolute atomic E-state index is 0.00680. The molecular formula is C22H15ClF5N3O2S. The molecule has 1 aromatic heterocycles. The number of carbonyl (C=O) groups is 1. The number of piperazine rings is 1. The number of rotatable bonds is 3. The van der Waals surface area contributed by atoms with Gasteiger partial charge in [0.15, 0.2) is 34.1 Å². The van der Waals surface area contributed by atoms with Gasteiger partial charge < -0.3 is 14.2 Å². The lowest BCUT2D eigenvalue weighted by Crippen LogP contribution is -2.53. The number of hydrogen-bond donors (Lipinski definition) is 1. The molecule has 0 unspecified atom stereocenters. The Morgan fingerprint density at radius 1 is 0.853 bits per heavy atom. The summed E-state index contributed by atoms with van der Waals surface area (Å²) in [5.74, 6) is -10.2. The summed E-state index contributed by atoms with van der Waals surface area (Å²) >= 11 is 11.1. The molecule has 2 heterocycles. The Labute approximate surface area is 200 Å². The van der Waals surface area contributed by atoms with Crippen molar-refractivity contribution >= 4 is 40.5 Å². The van der Waals surface area contributed by atoms with Gasteiger partial charge in [0.2, 0.25) is 5.82 Å². The molecule has 0 saturated carbocycles. The molecule has 0 aliphatic carbocycles. The largest absolute Gasteiger partial charge is 0.451 e. The third-order valence-electron chi connectivity index (χ3n) is 5.25. The third-order valence-corrected chi connectivity index (χ3v) is 5.86. The van der Waals surface area contributed by atoms with E-state index in [1.165, 1.54) is 6.07 Å². The molecule has 1 aliphatic heterocycles. The average Bonchev–Trinajstić information content (AvgIpc) is 3.33. The molecule has 0 bridgehead atoms.